The van der Waals surface area contributed by atoms with Crippen LogP contribution in [0.1, 0.15) is 21.5 Å². The third-order valence-electron chi connectivity index (χ3n) is 4.20. The van der Waals surface area contributed by atoms with Crippen LogP contribution in [0, 0.1) is 6.92 Å². The van der Waals surface area contributed by atoms with Crippen molar-refractivity contribution in [3.05, 3.63) is 83.4 Å². The number of benzene rings is 3. The van der Waals surface area contributed by atoms with E-state index in [2.05, 4.69) is 17.4 Å². The van der Waals surface area contributed by atoms with Gasteiger partial charge in [-0.2, -0.15) is 0 Å². The Morgan fingerprint density at radius 1 is 1.03 bits per heavy atom. The van der Waals surface area contributed by atoms with Crippen molar-refractivity contribution in [2.75, 3.05) is 4.72 Å². The van der Waals surface area contributed by atoms with E-state index >= 15 is 0 Å². The minimum atomic E-state index is -3.89. The van der Waals surface area contributed by atoms with Gasteiger partial charge in [0.15, 0.2) is 0 Å². The van der Waals surface area contributed by atoms with E-state index in [9.17, 15) is 18.3 Å². The second-order valence-electron chi connectivity index (χ2n) is 6.37. The number of carbonyl (C=O) groups is 1. The summed E-state index contributed by atoms with van der Waals surface area (Å²) >= 11 is 5.91. The first-order chi connectivity index (χ1) is 13.7. The molecule has 0 aliphatic heterocycles. The van der Waals surface area contributed by atoms with Gasteiger partial charge < -0.3 is 5.11 Å². The van der Waals surface area contributed by atoms with E-state index in [-0.39, 0.29) is 10.5 Å². The van der Waals surface area contributed by atoms with Crippen LogP contribution in [-0.4, -0.2) is 19.5 Å². The smallest absolute Gasteiger partial charge is 0.335 e. The van der Waals surface area contributed by atoms with Crippen LogP contribution in [0.4, 0.5) is 5.69 Å². The molecular formula is C21H19NO4S3. The van der Waals surface area contributed by atoms with E-state index in [0.717, 1.165) is 15.5 Å². The fourth-order valence-corrected chi connectivity index (χ4v) is 4.68. The summed E-state index contributed by atoms with van der Waals surface area (Å²) in [5, 5.41) is 9.20. The van der Waals surface area contributed by atoms with Crippen molar-refractivity contribution in [1.29, 1.82) is 0 Å². The van der Waals surface area contributed by atoms with Gasteiger partial charge in [0.2, 0.25) is 0 Å². The van der Waals surface area contributed by atoms with E-state index < -0.39 is 16.0 Å². The molecule has 0 spiro atoms. The number of thioether (sulfide) groups is 1. The molecule has 3 aromatic rings. The Bertz CT molecular complexity index is 1130. The molecule has 0 aliphatic carbocycles. The van der Waals surface area contributed by atoms with Crippen molar-refractivity contribution < 1.29 is 18.3 Å². The highest BCUT2D eigenvalue weighted by Gasteiger charge is 2.18. The second kappa shape index (κ2) is 8.94. The molecule has 2 N–H and O–H groups in total. The molecule has 0 saturated heterocycles. The van der Waals surface area contributed by atoms with Gasteiger partial charge >= 0.3 is 5.97 Å². The molecule has 5 nitrogen and oxygen atoms in total. The van der Waals surface area contributed by atoms with E-state index in [0.29, 0.717) is 11.3 Å². The maximum atomic E-state index is 12.6. The normalized spacial score (nSPS) is 11.2. The van der Waals surface area contributed by atoms with Crippen molar-refractivity contribution in [3.63, 3.8) is 0 Å². The predicted molar refractivity (Wildman–Crippen MR) is 119 cm³/mol. The number of hydrogen-bond acceptors (Lipinski definition) is 5. The summed E-state index contributed by atoms with van der Waals surface area (Å²) in [7, 11) is -3.89. The van der Waals surface area contributed by atoms with Crippen LogP contribution in [0.15, 0.2) is 81.4 Å². The highest BCUT2D eigenvalue weighted by atomic mass is 32.2. The first-order valence-electron chi connectivity index (χ1n) is 8.62. The van der Waals surface area contributed by atoms with Gasteiger partial charge in [-0.25, -0.2) is 13.2 Å². The maximum absolute atomic E-state index is 12.6. The van der Waals surface area contributed by atoms with Gasteiger partial charge in [-0.3, -0.25) is 4.72 Å². The summed E-state index contributed by atoms with van der Waals surface area (Å²) in [5.41, 5.74) is 2.05. The SMILES string of the molecule is Cc1ccc(S(=O)(=O)Nc2ccc(SCc3ccc(S)cc3)cc2)cc1C(=O)O. The Morgan fingerprint density at radius 3 is 2.31 bits per heavy atom. The molecule has 3 aromatic carbocycles. The number of nitrogens with one attached hydrogen (secondary N) is 1. The molecule has 0 aromatic heterocycles. The number of thiol groups is 1. The van der Waals surface area contributed by atoms with E-state index in [1.54, 1.807) is 30.8 Å². The number of sulfonamides is 1. The van der Waals surface area contributed by atoms with Crippen molar-refractivity contribution in [2.45, 2.75) is 27.4 Å². The zero-order chi connectivity index (χ0) is 21.0. The Hall–Kier alpha value is -2.42. The van der Waals surface area contributed by atoms with Gasteiger partial charge in [0.25, 0.3) is 10.0 Å². The topological polar surface area (TPSA) is 83.5 Å². The average Bonchev–Trinajstić information content (AvgIpc) is 2.68. The Labute approximate surface area is 179 Å². The summed E-state index contributed by atoms with van der Waals surface area (Å²) in [5.74, 6) is -0.370. The van der Waals surface area contributed by atoms with Gasteiger partial charge in [-0.05, 0) is 66.6 Å². The highest BCUT2D eigenvalue weighted by molar-refractivity contribution is 7.98. The number of rotatable bonds is 7. The summed E-state index contributed by atoms with van der Waals surface area (Å²) < 4.78 is 27.7. The zero-order valence-electron chi connectivity index (χ0n) is 15.5. The summed E-state index contributed by atoms with van der Waals surface area (Å²) in [6.45, 7) is 1.62. The average molecular weight is 446 g/mol. The van der Waals surface area contributed by atoms with Crippen LogP contribution in [-0.2, 0) is 15.8 Å². The molecule has 0 fully saturated rings. The summed E-state index contributed by atoms with van der Waals surface area (Å²) in [4.78, 5) is 13.1. The van der Waals surface area contributed by atoms with Gasteiger partial charge in [-0.1, -0.05) is 18.2 Å². The van der Waals surface area contributed by atoms with Gasteiger partial charge in [0, 0.05) is 21.2 Å². The second-order valence-corrected chi connectivity index (χ2v) is 9.61. The Kier molecular flexibility index (Phi) is 6.56. The van der Waals surface area contributed by atoms with Crippen LogP contribution in [0.2, 0.25) is 0 Å². The number of carboxylic acids is 1. The lowest BCUT2D eigenvalue weighted by Gasteiger charge is -2.10. The molecule has 0 atom stereocenters. The minimum Gasteiger partial charge on any atom is -0.478 e. The van der Waals surface area contributed by atoms with Gasteiger partial charge in [-0.15, -0.1) is 24.4 Å². The number of aromatic carboxylic acids is 1. The summed E-state index contributed by atoms with van der Waals surface area (Å²) in [6, 6.07) is 19.0. The van der Waals surface area contributed by atoms with Crippen LogP contribution in [0.25, 0.3) is 0 Å². The lowest BCUT2D eigenvalue weighted by molar-refractivity contribution is 0.0696. The molecule has 0 saturated carbocycles. The number of carboxylic acid groups (broad SMARTS) is 1. The van der Waals surface area contributed by atoms with Crippen LogP contribution in [0.3, 0.4) is 0 Å². The Balaban J connectivity index is 1.69. The van der Waals surface area contributed by atoms with Crippen molar-refractivity contribution in [2.24, 2.45) is 0 Å². The molecule has 0 aliphatic rings. The van der Waals surface area contributed by atoms with Crippen LogP contribution in [0.5, 0.6) is 0 Å². The standard InChI is InChI=1S/C21H19NO4S3/c1-14-2-11-19(12-20(14)21(23)24)29(25,26)22-16-5-9-18(10-6-16)28-13-15-3-7-17(27)8-4-15/h2-12,22,27H,13H2,1H3,(H,23,24). The molecule has 0 heterocycles. The van der Waals surface area contributed by atoms with Crippen molar-refractivity contribution >= 4 is 46.1 Å². The quantitative estimate of drug-likeness (QED) is 0.349. The molecule has 0 bridgehead atoms. The number of hydrogen-bond donors (Lipinski definition) is 3. The van der Waals surface area contributed by atoms with E-state index in [1.165, 1.54) is 23.8 Å². The molecule has 29 heavy (non-hydrogen) atoms. The Morgan fingerprint density at radius 2 is 1.69 bits per heavy atom. The van der Waals surface area contributed by atoms with Crippen LogP contribution < -0.4 is 4.72 Å². The van der Waals surface area contributed by atoms with Crippen molar-refractivity contribution in [3.8, 4) is 0 Å². The largest absolute Gasteiger partial charge is 0.478 e. The zero-order valence-corrected chi connectivity index (χ0v) is 18.0. The first-order valence-corrected chi connectivity index (χ1v) is 11.5. The first kappa shape index (κ1) is 21.3. The van der Waals surface area contributed by atoms with E-state index in [1.807, 2.05) is 36.4 Å². The molecule has 0 radical (unpaired) electrons. The predicted octanol–water partition coefficient (Wildman–Crippen LogP) is 5.08. The fourth-order valence-electron chi connectivity index (χ4n) is 2.59. The molecular weight excluding hydrogens is 426 g/mol. The molecule has 0 amide bonds. The fraction of sp³-hybridized carbons (Fsp3) is 0.0952. The lowest BCUT2D eigenvalue weighted by atomic mass is 10.1. The maximum Gasteiger partial charge on any atom is 0.335 e. The monoisotopic (exact) mass is 445 g/mol. The third kappa shape index (κ3) is 5.56. The number of aryl methyl sites for hydroxylation is 1. The lowest BCUT2D eigenvalue weighted by Crippen LogP contribution is -2.14. The molecule has 150 valence electrons. The molecule has 8 heteroatoms. The summed E-state index contributed by atoms with van der Waals surface area (Å²) in [6.07, 6.45) is 0. The molecule has 0 unspecified atom stereocenters. The molecule has 3 rings (SSSR count). The minimum absolute atomic E-state index is 0.0365. The highest BCUT2D eigenvalue weighted by Crippen LogP contribution is 2.26. The third-order valence-corrected chi connectivity index (χ3v) is 6.96. The van der Waals surface area contributed by atoms with Gasteiger partial charge in [0.05, 0.1) is 10.5 Å². The van der Waals surface area contributed by atoms with Crippen LogP contribution >= 0.6 is 24.4 Å². The van der Waals surface area contributed by atoms with E-state index in [4.69, 9.17) is 0 Å². The van der Waals surface area contributed by atoms with Gasteiger partial charge in [0.1, 0.15) is 0 Å². The number of anilines is 1. The van der Waals surface area contributed by atoms with Crippen molar-refractivity contribution in [1.82, 2.24) is 0 Å².